The van der Waals surface area contributed by atoms with Crippen molar-refractivity contribution < 1.29 is 51.8 Å². The Balaban J connectivity index is 1.67. The topological polar surface area (TPSA) is 221 Å². The molecule has 0 aromatic heterocycles. The minimum Gasteiger partial charge on any atom is -0.444 e. The lowest BCUT2D eigenvalue weighted by molar-refractivity contribution is -0.131. The van der Waals surface area contributed by atoms with Gasteiger partial charge in [-0.15, -0.1) is 0 Å². The van der Waals surface area contributed by atoms with E-state index in [0.717, 1.165) is 5.56 Å². The summed E-state index contributed by atoms with van der Waals surface area (Å²) in [7, 11) is -4.44. The van der Waals surface area contributed by atoms with Crippen molar-refractivity contribution in [1.29, 1.82) is 0 Å². The zero-order valence-corrected chi connectivity index (χ0v) is 40.8. The van der Waals surface area contributed by atoms with Crippen molar-refractivity contribution in [3.05, 3.63) is 126 Å². The smallest absolute Gasteiger partial charge is 0.444 e. The second-order valence-electron chi connectivity index (χ2n) is 18.5. The molecular formula is C49H63N6O11P. The monoisotopic (exact) mass is 942 g/mol. The van der Waals surface area contributed by atoms with Crippen molar-refractivity contribution in [3.63, 3.8) is 0 Å². The number of rotatable bonds is 16. The Bertz CT molecular complexity index is 2300. The summed E-state index contributed by atoms with van der Waals surface area (Å²) in [4.78, 5) is 71.1. The van der Waals surface area contributed by atoms with Crippen LogP contribution in [-0.2, 0) is 34.8 Å². The highest BCUT2D eigenvalue weighted by Gasteiger charge is 2.42. The molecule has 0 aliphatic carbocycles. The predicted octanol–water partition coefficient (Wildman–Crippen LogP) is 8.49. The highest BCUT2D eigenvalue weighted by atomic mass is 31.2. The van der Waals surface area contributed by atoms with Crippen LogP contribution in [0.15, 0.2) is 114 Å². The molecule has 17 nitrogen and oxygen atoms in total. The van der Waals surface area contributed by atoms with Crippen molar-refractivity contribution in [2.75, 3.05) is 6.61 Å². The number of para-hydroxylation sites is 2. The molecule has 0 aliphatic rings. The second-order valence-corrected chi connectivity index (χ2v) is 20.6. The van der Waals surface area contributed by atoms with Gasteiger partial charge < -0.3 is 39.2 Å². The van der Waals surface area contributed by atoms with Gasteiger partial charge in [0, 0.05) is 12.0 Å². The maximum atomic E-state index is 15.3. The van der Waals surface area contributed by atoms with Crippen LogP contribution in [0.3, 0.4) is 0 Å². The van der Waals surface area contributed by atoms with Gasteiger partial charge in [0.2, 0.25) is 17.8 Å². The van der Waals surface area contributed by atoms with E-state index >= 15 is 4.57 Å². The van der Waals surface area contributed by atoms with Gasteiger partial charge in [0.05, 0.1) is 17.9 Å². The number of nitrogens with zero attached hydrogens (tertiary/aromatic N) is 1. The van der Waals surface area contributed by atoms with E-state index in [9.17, 15) is 24.0 Å². The first-order valence-electron chi connectivity index (χ1n) is 21.6. The first kappa shape index (κ1) is 52.9. The summed E-state index contributed by atoms with van der Waals surface area (Å²) in [6.07, 6.45) is -1.89. The summed E-state index contributed by atoms with van der Waals surface area (Å²) in [5.74, 6) is -3.24. The minimum absolute atomic E-state index is 0.138. The number of aryl methyl sites for hydroxylation is 1. The average Bonchev–Trinajstić information content (AvgIpc) is 3.21. The van der Waals surface area contributed by atoms with Crippen molar-refractivity contribution in [3.8, 4) is 11.5 Å². The highest BCUT2D eigenvalue weighted by Crippen LogP contribution is 2.53. The zero-order chi connectivity index (χ0) is 49.6. The third-order valence-electron chi connectivity index (χ3n) is 8.86. The van der Waals surface area contributed by atoms with E-state index in [-0.39, 0.29) is 36.2 Å². The van der Waals surface area contributed by atoms with Gasteiger partial charge in [0.15, 0.2) is 5.78 Å². The molecule has 67 heavy (non-hydrogen) atoms. The molecule has 4 rings (SSSR count). The molecule has 0 aliphatic heterocycles. The number of aliphatic imine (C=N–C) groups is 1. The van der Waals surface area contributed by atoms with Gasteiger partial charge in [-0.05, 0) is 130 Å². The first-order chi connectivity index (χ1) is 31.3. The Kier molecular flexibility index (Phi) is 18.3. The number of ether oxygens (including phenoxy) is 3. The van der Waals surface area contributed by atoms with Crippen LogP contribution in [0.5, 0.6) is 11.5 Å². The molecule has 0 saturated heterocycles. The van der Waals surface area contributed by atoms with E-state index in [4.69, 9.17) is 23.3 Å². The van der Waals surface area contributed by atoms with Gasteiger partial charge in [-0.1, -0.05) is 66.2 Å². The lowest BCUT2D eigenvalue weighted by atomic mass is 10.1. The molecule has 1 unspecified atom stereocenters. The third kappa shape index (κ3) is 19.0. The Labute approximate surface area is 392 Å². The molecule has 18 heteroatoms. The molecular weight excluding hydrogens is 880 g/mol. The van der Waals surface area contributed by atoms with Gasteiger partial charge in [-0.25, -0.2) is 19.1 Å². The fourth-order valence-corrected chi connectivity index (χ4v) is 7.57. The maximum Gasteiger partial charge on any atom is 0.453 e. The van der Waals surface area contributed by atoms with Crippen LogP contribution >= 0.6 is 7.60 Å². The lowest BCUT2D eigenvalue weighted by Crippen LogP contribution is -2.56. The molecule has 360 valence electrons. The second kappa shape index (κ2) is 23.1. The normalized spacial score (nSPS) is 13.1. The van der Waals surface area contributed by atoms with Gasteiger partial charge in [-0.2, -0.15) is 0 Å². The van der Waals surface area contributed by atoms with Crippen LogP contribution in [-0.4, -0.2) is 77.1 Å². The van der Waals surface area contributed by atoms with Gasteiger partial charge in [0.25, 0.3) is 5.91 Å². The number of hydrogen-bond donors (Lipinski definition) is 5. The highest BCUT2D eigenvalue weighted by molar-refractivity contribution is 7.55. The molecule has 3 atom stereocenters. The number of alkyl carbamates (subject to hydrolysis) is 2. The van der Waals surface area contributed by atoms with E-state index in [0.29, 0.717) is 11.1 Å². The van der Waals surface area contributed by atoms with Gasteiger partial charge >= 0.3 is 19.8 Å². The number of nitrogens with one attached hydrogen (secondary N) is 5. The van der Waals surface area contributed by atoms with Crippen LogP contribution in [0.1, 0.15) is 90.7 Å². The molecule has 0 bridgehead atoms. The summed E-state index contributed by atoms with van der Waals surface area (Å²) in [6.45, 7) is 18.6. The molecule has 0 heterocycles. The summed E-state index contributed by atoms with van der Waals surface area (Å²) in [5, 5.41) is 13.1. The molecule has 0 saturated carbocycles. The maximum absolute atomic E-state index is 15.3. The van der Waals surface area contributed by atoms with Crippen molar-refractivity contribution >= 4 is 49.2 Å². The average molecular weight is 943 g/mol. The number of guanidine groups is 1. The Morgan fingerprint density at radius 1 is 0.612 bits per heavy atom. The van der Waals surface area contributed by atoms with Crippen molar-refractivity contribution in [1.82, 2.24) is 26.6 Å². The van der Waals surface area contributed by atoms with E-state index in [2.05, 4.69) is 31.6 Å². The number of carbonyl (C=O) groups excluding carboxylic acids is 5. The fourth-order valence-electron chi connectivity index (χ4n) is 5.72. The summed E-state index contributed by atoms with van der Waals surface area (Å²) in [6, 6.07) is 27.4. The lowest BCUT2D eigenvalue weighted by Gasteiger charge is -2.30. The molecule has 0 radical (unpaired) electrons. The number of benzene rings is 4. The van der Waals surface area contributed by atoms with Crippen LogP contribution in [0.2, 0.25) is 0 Å². The molecule has 5 amide bonds. The molecule has 5 N–H and O–H groups in total. The predicted molar refractivity (Wildman–Crippen MR) is 255 cm³/mol. The minimum atomic E-state index is -4.44. The largest absolute Gasteiger partial charge is 0.453 e. The van der Waals surface area contributed by atoms with E-state index in [1.807, 2.05) is 6.92 Å². The number of amides is 5. The quantitative estimate of drug-likeness (QED) is 0.0407. The number of hydrogen-bond acceptors (Lipinski definition) is 12. The van der Waals surface area contributed by atoms with Crippen molar-refractivity contribution in [2.24, 2.45) is 4.99 Å². The van der Waals surface area contributed by atoms with Crippen LogP contribution in [0.4, 0.5) is 15.3 Å². The fraction of sp³-hybridized carbons (Fsp3) is 0.388. The van der Waals surface area contributed by atoms with E-state index in [1.165, 1.54) is 6.92 Å². The summed E-state index contributed by atoms with van der Waals surface area (Å²) in [5.41, 5.74) is -0.295. The zero-order valence-electron chi connectivity index (χ0n) is 39.9. The Hall–Kier alpha value is -6.71. The van der Waals surface area contributed by atoms with Crippen LogP contribution in [0.25, 0.3) is 0 Å². The molecule has 0 fully saturated rings. The Morgan fingerprint density at radius 2 is 1.10 bits per heavy atom. The summed E-state index contributed by atoms with van der Waals surface area (Å²) < 4.78 is 44.2. The van der Waals surface area contributed by atoms with Crippen LogP contribution in [0, 0.1) is 6.92 Å². The third-order valence-corrected chi connectivity index (χ3v) is 10.9. The van der Waals surface area contributed by atoms with Gasteiger partial charge in [-0.3, -0.25) is 25.0 Å². The number of carbonyl (C=O) groups is 5. The van der Waals surface area contributed by atoms with Crippen LogP contribution < -0.4 is 35.6 Å². The van der Waals surface area contributed by atoms with E-state index in [1.54, 1.807) is 172 Å². The standard InChI is InChI=1S/C49H63N6O11P/c1-32-22-26-35(27-23-32)42(57)52-39(31-62-47(3,4)5)43(58)50-33(2)41(56)53-40(67(61,65-37-18-14-12-15-19-37)66-38-20-16-13-17-21-38)30-34-24-28-36(29-25-34)51-44(54-45(59)63-48(6,7)8)55-46(60)64-49(9,10)11/h12-29,33,39-40H,30-31H2,1-11H3,(H,50,58)(H,52,57)(H,53,56)(H2,51,54,55,59,60)/t33-,39+,40?/m0/s1. The first-order valence-corrected chi connectivity index (χ1v) is 23.3. The molecule has 4 aromatic carbocycles. The van der Waals surface area contributed by atoms with Crippen molar-refractivity contribution in [2.45, 2.75) is 117 Å². The molecule has 0 spiro atoms. The van der Waals surface area contributed by atoms with Gasteiger partial charge in [0.1, 0.15) is 34.8 Å². The van der Waals surface area contributed by atoms with E-state index < -0.39 is 72.2 Å². The molecule has 4 aromatic rings. The Morgan fingerprint density at radius 3 is 1.57 bits per heavy atom. The SMILES string of the molecule is Cc1ccc(C(=O)N[C@H](COC(C)(C)C)C(=O)N[C@@H](C)C(=O)NC(Cc2ccc(N=C(NC(=O)OC(C)(C)C)NC(=O)OC(C)(C)C)cc2)P(=O)(Oc2ccccc2)Oc2ccccc2)cc1. The summed E-state index contributed by atoms with van der Waals surface area (Å²) >= 11 is 0.